The van der Waals surface area contributed by atoms with Gasteiger partial charge in [-0.3, -0.25) is 9.59 Å². The van der Waals surface area contributed by atoms with Crippen LogP contribution in [0.5, 0.6) is 0 Å². The highest BCUT2D eigenvalue weighted by Gasteiger charge is 2.13. The van der Waals surface area contributed by atoms with Crippen molar-refractivity contribution in [1.29, 1.82) is 0 Å². The van der Waals surface area contributed by atoms with Crippen molar-refractivity contribution in [1.82, 2.24) is 15.2 Å². The Kier molecular flexibility index (Phi) is 4.40. The van der Waals surface area contributed by atoms with Gasteiger partial charge in [-0.25, -0.2) is 0 Å². The van der Waals surface area contributed by atoms with Gasteiger partial charge >= 0.3 is 0 Å². The summed E-state index contributed by atoms with van der Waals surface area (Å²) in [7, 11) is 0. The Labute approximate surface area is 118 Å². The number of nitrogens with zero attached hydrogens (tertiary/aromatic N) is 1. The van der Waals surface area contributed by atoms with Crippen LogP contribution in [0.25, 0.3) is 10.9 Å². The molecule has 0 saturated carbocycles. The molecule has 5 heteroatoms. The van der Waals surface area contributed by atoms with Crippen LogP contribution in [0.15, 0.2) is 30.3 Å². The van der Waals surface area contributed by atoms with Crippen molar-refractivity contribution in [3.8, 4) is 0 Å². The first-order valence-corrected chi connectivity index (χ1v) is 6.79. The third-order valence-electron chi connectivity index (χ3n) is 3.29. The molecule has 2 amide bonds. The second kappa shape index (κ2) is 6.23. The summed E-state index contributed by atoms with van der Waals surface area (Å²) in [6, 6.07) is 9.45. The van der Waals surface area contributed by atoms with E-state index in [2.05, 4.69) is 10.3 Å². The molecule has 106 valence electrons. The highest BCUT2D eigenvalue weighted by Crippen LogP contribution is 2.14. The van der Waals surface area contributed by atoms with E-state index < -0.39 is 0 Å². The van der Waals surface area contributed by atoms with E-state index in [1.807, 2.05) is 38.1 Å². The van der Waals surface area contributed by atoms with E-state index in [1.54, 1.807) is 11.0 Å². The lowest BCUT2D eigenvalue weighted by Crippen LogP contribution is -2.40. The van der Waals surface area contributed by atoms with E-state index in [4.69, 9.17) is 0 Å². The van der Waals surface area contributed by atoms with Crippen molar-refractivity contribution in [3.05, 3.63) is 36.0 Å². The molecule has 0 fully saturated rings. The fraction of sp³-hybridized carbons (Fsp3) is 0.333. The maximum Gasteiger partial charge on any atom is 0.268 e. The van der Waals surface area contributed by atoms with Crippen LogP contribution in [0.1, 0.15) is 24.3 Å². The maximum atomic E-state index is 12.0. The molecule has 2 aromatic rings. The Hall–Kier alpha value is -2.30. The van der Waals surface area contributed by atoms with E-state index >= 15 is 0 Å². The van der Waals surface area contributed by atoms with E-state index in [0.717, 1.165) is 10.9 Å². The van der Waals surface area contributed by atoms with Gasteiger partial charge in [0.15, 0.2) is 0 Å². The average molecular weight is 273 g/mol. The molecule has 2 rings (SSSR count). The molecule has 0 saturated heterocycles. The molecule has 0 bridgehead atoms. The largest absolute Gasteiger partial charge is 0.351 e. The van der Waals surface area contributed by atoms with Gasteiger partial charge in [-0.2, -0.15) is 0 Å². The molecule has 20 heavy (non-hydrogen) atoms. The van der Waals surface area contributed by atoms with Crippen LogP contribution in [-0.4, -0.2) is 41.3 Å². The average Bonchev–Trinajstić information content (AvgIpc) is 2.90. The predicted octanol–water partition coefficient (Wildman–Crippen LogP) is 1.77. The van der Waals surface area contributed by atoms with Gasteiger partial charge in [0.05, 0.1) is 6.54 Å². The number of hydrogen-bond acceptors (Lipinski definition) is 2. The molecule has 2 N–H and O–H groups in total. The summed E-state index contributed by atoms with van der Waals surface area (Å²) in [5.74, 6) is -0.332. The molecule has 0 atom stereocenters. The number of likely N-dealkylation sites (N-methyl/N-ethyl adjacent to an activating group) is 1. The zero-order chi connectivity index (χ0) is 14.5. The van der Waals surface area contributed by atoms with Gasteiger partial charge in [-0.05, 0) is 26.0 Å². The first-order chi connectivity index (χ1) is 9.65. The minimum atomic E-state index is -0.262. The van der Waals surface area contributed by atoms with Gasteiger partial charge in [-0.1, -0.05) is 18.2 Å². The smallest absolute Gasteiger partial charge is 0.268 e. The number of aromatic amines is 1. The number of carbonyl (C=O) groups excluding carboxylic acids is 2. The van der Waals surface area contributed by atoms with Crippen molar-refractivity contribution in [2.45, 2.75) is 13.8 Å². The van der Waals surface area contributed by atoms with Gasteiger partial charge in [0.2, 0.25) is 5.91 Å². The standard InChI is InChI=1S/C15H19N3O2/c1-3-18(4-2)14(19)10-16-15(20)13-9-11-7-5-6-8-12(11)17-13/h5-9,17H,3-4,10H2,1-2H3,(H,16,20). The predicted molar refractivity (Wildman–Crippen MR) is 78.6 cm³/mol. The molecule has 5 nitrogen and oxygen atoms in total. The molecular weight excluding hydrogens is 254 g/mol. The number of carbonyl (C=O) groups is 2. The Balaban J connectivity index is 2.00. The topological polar surface area (TPSA) is 65.2 Å². The zero-order valence-electron chi connectivity index (χ0n) is 11.8. The van der Waals surface area contributed by atoms with E-state index in [0.29, 0.717) is 18.8 Å². The molecule has 0 spiro atoms. The summed E-state index contributed by atoms with van der Waals surface area (Å²) in [6.07, 6.45) is 0. The van der Waals surface area contributed by atoms with Crippen LogP contribution in [0.4, 0.5) is 0 Å². The summed E-state index contributed by atoms with van der Waals surface area (Å²) >= 11 is 0. The minimum Gasteiger partial charge on any atom is -0.351 e. The lowest BCUT2D eigenvalue weighted by Gasteiger charge is -2.18. The number of rotatable bonds is 5. The molecule has 1 aromatic heterocycles. The number of hydrogen-bond donors (Lipinski definition) is 2. The SMILES string of the molecule is CCN(CC)C(=O)CNC(=O)c1cc2ccccc2[nH]1. The Bertz CT molecular complexity index is 581. The molecule has 0 aliphatic heterocycles. The third-order valence-corrected chi connectivity index (χ3v) is 3.29. The Morgan fingerprint density at radius 3 is 2.55 bits per heavy atom. The third kappa shape index (κ3) is 2.99. The van der Waals surface area contributed by atoms with Crippen LogP contribution < -0.4 is 5.32 Å². The van der Waals surface area contributed by atoms with Crippen molar-refractivity contribution in [2.24, 2.45) is 0 Å². The van der Waals surface area contributed by atoms with Gasteiger partial charge in [0.1, 0.15) is 5.69 Å². The highest BCUT2D eigenvalue weighted by atomic mass is 16.2. The first-order valence-electron chi connectivity index (χ1n) is 6.79. The fourth-order valence-electron chi connectivity index (χ4n) is 2.13. The number of benzene rings is 1. The normalized spacial score (nSPS) is 10.5. The Morgan fingerprint density at radius 1 is 1.20 bits per heavy atom. The second-order valence-electron chi connectivity index (χ2n) is 4.52. The van der Waals surface area contributed by atoms with Crippen molar-refractivity contribution >= 4 is 22.7 Å². The summed E-state index contributed by atoms with van der Waals surface area (Å²) in [6.45, 7) is 5.16. The monoisotopic (exact) mass is 273 g/mol. The number of amides is 2. The van der Waals surface area contributed by atoms with Gasteiger partial charge in [0.25, 0.3) is 5.91 Å². The quantitative estimate of drug-likeness (QED) is 0.872. The number of nitrogens with one attached hydrogen (secondary N) is 2. The minimum absolute atomic E-state index is 0.0237. The molecule has 0 aliphatic carbocycles. The molecular formula is C15H19N3O2. The van der Waals surface area contributed by atoms with Crippen molar-refractivity contribution in [3.63, 3.8) is 0 Å². The van der Waals surface area contributed by atoms with Gasteiger partial charge in [-0.15, -0.1) is 0 Å². The van der Waals surface area contributed by atoms with E-state index in [1.165, 1.54) is 0 Å². The number of aromatic nitrogens is 1. The van der Waals surface area contributed by atoms with Crippen LogP contribution in [0.2, 0.25) is 0 Å². The highest BCUT2D eigenvalue weighted by molar-refractivity contribution is 5.99. The fourth-order valence-corrected chi connectivity index (χ4v) is 2.13. The summed E-state index contributed by atoms with van der Waals surface area (Å²) in [5, 5.41) is 3.63. The van der Waals surface area contributed by atoms with Crippen LogP contribution in [0.3, 0.4) is 0 Å². The Morgan fingerprint density at radius 2 is 1.90 bits per heavy atom. The second-order valence-corrected chi connectivity index (χ2v) is 4.52. The number of H-pyrrole nitrogens is 1. The van der Waals surface area contributed by atoms with Crippen LogP contribution in [0, 0.1) is 0 Å². The summed E-state index contributed by atoms with van der Waals surface area (Å²) < 4.78 is 0. The van der Waals surface area contributed by atoms with Gasteiger partial charge in [0, 0.05) is 24.0 Å². The number of para-hydroxylation sites is 1. The maximum absolute atomic E-state index is 12.0. The number of fused-ring (bicyclic) bond motifs is 1. The van der Waals surface area contributed by atoms with E-state index in [9.17, 15) is 9.59 Å². The molecule has 1 aromatic carbocycles. The van der Waals surface area contributed by atoms with Gasteiger partial charge < -0.3 is 15.2 Å². The lowest BCUT2D eigenvalue weighted by atomic mass is 10.2. The van der Waals surface area contributed by atoms with Crippen molar-refractivity contribution in [2.75, 3.05) is 19.6 Å². The molecule has 1 heterocycles. The van der Waals surface area contributed by atoms with E-state index in [-0.39, 0.29) is 18.4 Å². The van der Waals surface area contributed by atoms with Crippen molar-refractivity contribution < 1.29 is 9.59 Å². The van der Waals surface area contributed by atoms with Crippen LogP contribution >= 0.6 is 0 Å². The van der Waals surface area contributed by atoms with Crippen LogP contribution in [-0.2, 0) is 4.79 Å². The molecule has 0 unspecified atom stereocenters. The molecule has 0 radical (unpaired) electrons. The lowest BCUT2D eigenvalue weighted by molar-refractivity contribution is -0.129. The first kappa shape index (κ1) is 14.1. The summed E-state index contributed by atoms with van der Waals surface area (Å²) in [4.78, 5) is 28.5. The zero-order valence-corrected chi connectivity index (χ0v) is 11.8. The summed E-state index contributed by atoms with van der Waals surface area (Å²) in [5.41, 5.74) is 1.38. The molecule has 0 aliphatic rings.